The minimum atomic E-state index is -3.83. The number of fused-ring (bicyclic) bond motifs is 6. The van der Waals surface area contributed by atoms with Crippen LogP contribution in [0, 0.1) is 13.1 Å². The summed E-state index contributed by atoms with van der Waals surface area (Å²) >= 11 is 0. The Balaban J connectivity index is 0.000000146. The average molecular weight is 779 g/mol. The monoisotopic (exact) mass is 778 g/mol. The molecule has 8 atom stereocenters. The Morgan fingerprint density at radius 1 is 0.719 bits per heavy atom. The zero-order chi connectivity index (χ0) is 39.0. The number of nitrogens with zero attached hydrogens (tertiary/aromatic N) is 9. The number of pyridine rings is 2. The Morgan fingerprint density at radius 2 is 1.30 bits per heavy atom. The highest BCUT2D eigenvalue weighted by Gasteiger charge is 2.52. The van der Waals surface area contributed by atoms with Gasteiger partial charge in [0.15, 0.2) is 5.65 Å². The first kappa shape index (κ1) is 35.3. The van der Waals surface area contributed by atoms with Gasteiger partial charge >= 0.3 is 0 Å². The lowest BCUT2D eigenvalue weighted by molar-refractivity contribution is 0.0992. The van der Waals surface area contributed by atoms with Gasteiger partial charge in [0.05, 0.1) is 42.3 Å². The molecule has 10 heterocycles. The molecule has 6 aromatic heterocycles. The summed E-state index contributed by atoms with van der Waals surface area (Å²) in [5, 5.41) is 10.4. The molecule has 0 radical (unpaired) electrons. The second-order valence-corrected chi connectivity index (χ2v) is 17.3. The Morgan fingerprint density at radius 3 is 1.84 bits per heavy atom. The van der Waals surface area contributed by atoms with Crippen LogP contribution in [-0.4, -0.2) is 83.4 Å². The van der Waals surface area contributed by atoms with E-state index in [1.165, 1.54) is 9.54 Å². The number of aromatic nitrogens is 8. The van der Waals surface area contributed by atoms with Crippen molar-refractivity contribution in [3.8, 4) is 22.3 Å². The van der Waals surface area contributed by atoms with Crippen molar-refractivity contribution in [1.29, 1.82) is 0 Å². The SMILES string of the molecule is [C-]#[N+]C1C[C@H]2O[C@@H]1C[C@H]2c1cnc2[nH]cc(-c3cnn(C)c3)c2c1.[C-]#[N+]C1C[C@H]2O[C@@H]1C[C@H]2c1cnc2c(c1)c(-c1cnn(C)c1)cn2S(=O)(=O)c1ccccc1. The topological polar surface area (TPSA) is 143 Å². The molecule has 4 saturated heterocycles. The van der Waals surface area contributed by atoms with Crippen molar-refractivity contribution in [3.05, 3.63) is 126 Å². The first-order chi connectivity index (χ1) is 27.7. The van der Waals surface area contributed by atoms with Crippen LogP contribution in [0.5, 0.6) is 0 Å². The molecule has 14 nitrogen and oxygen atoms in total. The fourth-order valence-electron chi connectivity index (χ4n) is 9.24. The average Bonchev–Trinajstić information content (AvgIpc) is 4.10. The van der Waals surface area contributed by atoms with Crippen molar-refractivity contribution >= 4 is 32.1 Å². The van der Waals surface area contributed by atoms with Gasteiger partial charge in [-0.1, -0.05) is 18.2 Å². The molecule has 4 bridgehead atoms. The van der Waals surface area contributed by atoms with Crippen molar-refractivity contribution in [1.82, 2.24) is 38.5 Å². The molecule has 4 aliphatic rings. The smallest absolute Gasteiger partial charge is 0.269 e. The van der Waals surface area contributed by atoms with Crippen LogP contribution in [0.15, 0.2) is 96.9 Å². The van der Waals surface area contributed by atoms with Gasteiger partial charge in [0.25, 0.3) is 22.1 Å². The van der Waals surface area contributed by atoms with Gasteiger partial charge in [0, 0.05) is 96.1 Å². The molecule has 1 N–H and O–H groups in total. The van der Waals surface area contributed by atoms with Crippen molar-refractivity contribution in [2.75, 3.05) is 0 Å². The normalized spacial score (nSPS) is 26.1. The number of ether oxygens (including phenoxy) is 2. The van der Waals surface area contributed by atoms with Gasteiger partial charge in [-0.15, -0.1) is 0 Å². The Hall–Kier alpha value is -6.13. The van der Waals surface area contributed by atoms with E-state index in [2.05, 4.69) is 40.9 Å². The van der Waals surface area contributed by atoms with Gasteiger partial charge in [-0.3, -0.25) is 9.36 Å². The summed E-state index contributed by atoms with van der Waals surface area (Å²) in [5.74, 6) is 0.502. The molecule has 4 fully saturated rings. The molecule has 0 spiro atoms. The first-order valence-corrected chi connectivity index (χ1v) is 20.4. The summed E-state index contributed by atoms with van der Waals surface area (Å²) in [7, 11) is -0.0820. The van der Waals surface area contributed by atoms with E-state index in [0.29, 0.717) is 11.6 Å². The third kappa shape index (κ3) is 5.93. The summed E-state index contributed by atoms with van der Waals surface area (Å²) < 4.78 is 43.7. The van der Waals surface area contributed by atoms with Gasteiger partial charge in [0.1, 0.15) is 17.9 Å². The molecular formula is C42H38N10O4S. The highest BCUT2D eigenvalue weighted by molar-refractivity contribution is 7.90. The fraction of sp³-hybridized carbons (Fsp3) is 0.333. The van der Waals surface area contributed by atoms with Crippen LogP contribution in [0.1, 0.15) is 48.6 Å². The zero-order valence-corrected chi connectivity index (χ0v) is 32.0. The van der Waals surface area contributed by atoms with Gasteiger partial charge < -0.3 is 24.1 Å². The number of aromatic amines is 1. The molecule has 1 aromatic carbocycles. The molecule has 15 heteroatoms. The Kier molecular flexibility index (Phi) is 8.37. The van der Waals surface area contributed by atoms with Crippen molar-refractivity contribution in [2.45, 2.75) is 78.9 Å². The predicted octanol–water partition coefficient (Wildman–Crippen LogP) is 6.50. The Labute approximate surface area is 328 Å². The van der Waals surface area contributed by atoms with Gasteiger partial charge in [0.2, 0.25) is 0 Å². The van der Waals surface area contributed by atoms with E-state index in [0.717, 1.165) is 69.9 Å². The number of benzene rings is 1. The maximum atomic E-state index is 13.5. The zero-order valence-electron chi connectivity index (χ0n) is 31.2. The molecule has 0 saturated carbocycles. The molecule has 2 unspecified atom stereocenters. The van der Waals surface area contributed by atoms with Gasteiger partial charge in [-0.25, -0.2) is 35.5 Å². The van der Waals surface area contributed by atoms with Crippen LogP contribution in [0.4, 0.5) is 0 Å². The summed E-state index contributed by atoms with van der Waals surface area (Å²) in [6.07, 6.45) is 18.3. The van der Waals surface area contributed by atoms with Crippen LogP contribution < -0.4 is 0 Å². The molecule has 286 valence electrons. The molecule has 57 heavy (non-hydrogen) atoms. The summed E-state index contributed by atoms with van der Waals surface area (Å²) in [4.78, 5) is 20.1. The largest absolute Gasteiger partial charge is 0.366 e. The second-order valence-electron chi connectivity index (χ2n) is 15.4. The number of H-pyrrole nitrogens is 1. The maximum absolute atomic E-state index is 13.5. The lowest BCUT2D eigenvalue weighted by atomic mass is 9.82. The lowest BCUT2D eigenvalue weighted by Gasteiger charge is -2.19. The van der Waals surface area contributed by atoms with Crippen LogP contribution in [0.2, 0.25) is 0 Å². The maximum Gasteiger partial charge on any atom is 0.269 e. The molecule has 0 amide bonds. The molecule has 4 aliphatic heterocycles. The van der Waals surface area contributed by atoms with E-state index in [4.69, 9.17) is 22.6 Å². The second kappa shape index (κ2) is 13.5. The molecule has 7 aromatic rings. The van der Waals surface area contributed by atoms with Gasteiger partial charge in [-0.05, 0) is 48.2 Å². The summed E-state index contributed by atoms with van der Waals surface area (Å²) in [6, 6.07) is 12.6. The fourth-order valence-corrected chi connectivity index (χ4v) is 10.6. The van der Waals surface area contributed by atoms with Crippen LogP contribution in [-0.2, 0) is 33.6 Å². The number of hydrogen-bond acceptors (Lipinski definition) is 8. The molecule has 0 aliphatic carbocycles. The van der Waals surface area contributed by atoms with Crippen molar-refractivity contribution in [3.63, 3.8) is 0 Å². The quantitative estimate of drug-likeness (QED) is 0.189. The minimum absolute atomic E-state index is 0.00493. The number of aryl methyl sites for hydroxylation is 2. The minimum Gasteiger partial charge on any atom is -0.366 e. The van der Waals surface area contributed by atoms with E-state index in [-0.39, 0.29) is 47.3 Å². The number of hydrogen-bond donors (Lipinski definition) is 1. The highest BCUT2D eigenvalue weighted by atomic mass is 32.2. The van der Waals surface area contributed by atoms with E-state index < -0.39 is 10.0 Å². The molecule has 11 rings (SSSR count). The predicted molar refractivity (Wildman–Crippen MR) is 211 cm³/mol. The van der Waals surface area contributed by atoms with Gasteiger partial charge in [-0.2, -0.15) is 10.2 Å². The summed E-state index contributed by atoms with van der Waals surface area (Å²) in [6.45, 7) is 14.6. The molecular weight excluding hydrogens is 741 g/mol. The third-order valence-corrected chi connectivity index (χ3v) is 13.7. The number of nitrogens with one attached hydrogen (secondary N) is 1. The van der Waals surface area contributed by atoms with Crippen molar-refractivity contribution in [2.24, 2.45) is 14.1 Å². The standard InChI is InChI=1S/C24H21N5O3S.C18H17N5O/c1-25-21-10-22-18(9-23(21)32-22)15-8-19-20(16-12-27-28(2)13-16)14-29(24(19)26-11-15)33(30,31)17-6-4-3-5-7-17;1-19-15-5-16-12(4-17(15)24-16)10-3-13-14(8-21-18(13)20-6-10)11-7-22-23(2)9-11/h3-8,11-14,18,21-23H,9-10H2,2H3;3,6-9,12,15-17H,4-5H2,2H3,(H,20,21)/t18-,21?,22+,23+;12-,15?,16+,17+/m00/s1. The van der Waals surface area contributed by atoms with E-state index in [1.807, 2.05) is 51.1 Å². The summed E-state index contributed by atoms with van der Waals surface area (Å²) in [5.41, 5.74) is 7.28. The van der Waals surface area contributed by atoms with Crippen LogP contribution in [0.25, 0.3) is 54.0 Å². The van der Waals surface area contributed by atoms with Crippen molar-refractivity contribution < 1.29 is 17.9 Å². The Bertz CT molecular complexity index is 2860. The number of rotatable bonds is 6. The lowest BCUT2D eigenvalue weighted by Crippen LogP contribution is -2.23. The highest BCUT2D eigenvalue weighted by Crippen LogP contribution is 2.48. The first-order valence-electron chi connectivity index (χ1n) is 19.0. The van der Waals surface area contributed by atoms with E-state index in [9.17, 15) is 8.42 Å². The van der Waals surface area contributed by atoms with E-state index in [1.54, 1.807) is 58.3 Å². The van der Waals surface area contributed by atoms with E-state index >= 15 is 0 Å². The van der Waals surface area contributed by atoms with Crippen LogP contribution >= 0.6 is 0 Å². The third-order valence-electron chi connectivity index (χ3n) is 12.1. The van der Waals surface area contributed by atoms with Crippen LogP contribution in [0.3, 0.4) is 0 Å².